The third kappa shape index (κ3) is 4.43. The minimum atomic E-state index is -0.712. The summed E-state index contributed by atoms with van der Waals surface area (Å²) in [5.74, 6) is -0.625. The monoisotopic (exact) mass is 579 g/mol. The third-order valence-corrected chi connectivity index (χ3v) is 7.35. The summed E-state index contributed by atoms with van der Waals surface area (Å²) in [6.07, 6.45) is 0. The lowest BCUT2D eigenvalue weighted by Crippen LogP contribution is -2.29. The average molecular weight is 581 g/mol. The summed E-state index contributed by atoms with van der Waals surface area (Å²) in [6.45, 7) is 2.08. The van der Waals surface area contributed by atoms with Crippen LogP contribution in [0, 0.1) is 0 Å². The first-order valence-corrected chi connectivity index (χ1v) is 12.7. The van der Waals surface area contributed by atoms with Crippen molar-refractivity contribution in [1.82, 2.24) is 5.32 Å². The quantitative estimate of drug-likeness (QED) is 0.339. The lowest BCUT2D eigenvalue weighted by Gasteiger charge is -2.29. The van der Waals surface area contributed by atoms with E-state index >= 15 is 0 Å². The van der Waals surface area contributed by atoms with E-state index in [1.165, 1.54) is 14.2 Å². The van der Waals surface area contributed by atoms with E-state index in [0.29, 0.717) is 50.2 Å². The summed E-state index contributed by atoms with van der Waals surface area (Å²) >= 11 is 10.2. The lowest BCUT2D eigenvalue weighted by atomic mass is 9.79. The van der Waals surface area contributed by atoms with Crippen LogP contribution in [0.4, 0.5) is 0 Å². The van der Waals surface area contributed by atoms with Gasteiger partial charge in [-0.15, -0.1) is 0 Å². The Morgan fingerprint density at radius 3 is 2.43 bits per heavy atom. The van der Waals surface area contributed by atoms with Crippen molar-refractivity contribution in [3.63, 3.8) is 0 Å². The zero-order valence-electron chi connectivity index (χ0n) is 20.4. The lowest BCUT2D eigenvalue weighted by molar-refractivity contribution is -0.136. The van der Waals surface area contributed by atoms with Gasteiger partial charge in [0.25, 0.3) is 0 Å². The molecule has 2 aliphatic rings. The largest absolute Gasteiger partial charge is 0.493 e. The molecule has 0 spiro atoms. The molecule has 1 heterocycles. The third-order valence-electron chi connectivity index (χ3n) is 6.54. The number of carbonyl (C=O) groups excluding carboxylic acids is 2. The highest BCUT2D eigenvalue weighted by atomic mass is 79.9. The summed E-state index contributed by atoms with van der Waals surface area (Å²) in [6, 6.07) is 18.6. The minimum Gasteiger partial charge on any atom is -0.493 e. The second-order valence-corrected chi connectivity index (χ2v) is 10.0. The second-order valence-electron chi connectivity index (χ2n) is 8.70. The van der Waals surface area contributed by atoms with Crippen LogP contribution in [0.25, 0.3) is 5.70 Å². The van der Waals surface area contributed by atoms with Gasteiger partial charge in [0.1, 0.15) is 6.61 Å². The van der Waals surface area contributed by atoms with Gasteiger partial charge in [0.2, 0.25) is 0 Å². The van der Waals surface area contributed by atoms with Gasteiger partial charge < -0.3 is 19.5 Å². The van der Waals surface area contributed by atoms with Crippen molar-refractivity contribution >= 4 is 45.0 Å². The molecule has 0 saturated heterocycles. The zero-order valence-corrected chi connectivity index (χ0v) is 22.7. The average Bonchev–Trinajstić information content (AvgIpc) is 3.18. The molecule has 6 nitrogen and oxygen atoms in total. The van der Waals surface area contributed by atoms with Gasteiger partial charge in [0.15, 0.2) is 17.3 Å². The highest BCUT2D eigenvalue weighted by Gasteiger charge is 2.43. The van der Waals surface area contributed by atoms with Crippen LogP contribution < -0.4 is 14.8 Å². The molecule has 1 atom stereocenters. The Kier molecular flexibility index (Phi) is 6.84. The number of methoxy groups -OCH3 is 2. The Hall–Kier alpha value is -3.55. The van der Waals surface area contributed by atoms with Crippen molar-refractivity contribution < 1.29 is 23.8 Å². The molecule has 188 valence electrons. The van der Waals surface area contributed by atoms with E-state index in [1.807, 2.05) is 42.5 Å². The van der Waals surface area contributed by atoms with E-state index in [2.05, 4.69) is 21.2 Å². The molecule has 3 aromatic carbocycles. The first-order valence-electron chi connectivity index (χ1n) is 11.5. The van der Waals surface area contributed by atoms with Crippen molar-refractivity contribution in [2.45, 2.75) is 19.4 Å². The molecule has 8 heteroatoms. The molecule has 0 aromatic heterocycles. The minimum absolute atomic E-state index is 0.150. The van der Waals surface area contributed by atoms with Crippen LogP contribution in [-0.4, -0.2) is 26.0 Å². The maximum absolute atomic E-state index is 13.6. The number of esters is 1. The standard InChI is InChI=1S/C29H23BrClNO5/c1-15-23(29(34)36-3)24(25-26(32-15)19-6-4-5-7-20(19)27(25)33)17-12-21(31)28(22(13-17)35-2)37-14-16-8-10-18(30)11-9-16/h4-13,24,32H,14H2,1-3H3/t24-/m0/s1. The van der Waals surface area contributed by atoms with Crippen LogP contribution in [0.5, 0.6) is 11.5 Å². The topological polar surface area (TPSA) is 73.9 Å². The highest BCUT2D eigenvalue weighted by molar-refractivity contribution is 9.10. The molecule has 3 aromatic rings. The van der Waals surface area contributed by atoms with Crippen LogP contribution in [0.3, 0.4) is 0 Å². The van der Waals surface area contributed by atoms with Crippen molar-refractivity contribution in [2.24, 2.45) is 0 Å². The van der Waals surface area contributed by atoms with E-state index in [1.54, 1.807) is 25.1 Å². The Bertz CT molecular complexity index is 1490. The van der Waals surface area contributed by atoms with E-state index in [9.17, 15) is 9.59 Å². The molecule has 0 amide bonds. The van der Waals surface area contributed by atoms with Gasteiger partial charge >= 0.3 is 5.97 Å². The molecule has 5 rings (SSSR count). The number of rotatable bonds is 6. The number of fused-ring (bicyclic) bond motifs is 2. The number of halogens is 2. The molecule has 0 fully saturated rings. The van der Waals surface area contributed by atoms with Crippen LogP contribution in [0.2, 0.25) is 5.02 Å². The fraction of sp³-hybridized carbons (Fsp3) is 0.172. The molecule has 1 aliphatic heterocycles. The number of allylic oxidation sites excluding steroid dienone is 2. The molecular formula is C29H23BrClNO5. The maximum atomic E-state index is 13.6. The number of hydrogen-bond donors (Lipinski definition) is 1. The molecule has 1 N–H and O–H groups in total. The number of carbonyl (C=O) groups is 2. The smallest absolute Gasteiger partial charge is 0.336 e. The van der Waals surface area contributed by atoms with Gasteiger partial charge in [-0.25, -0.2) is 4.79 Å². The van der Waals surface area contributed by atoms with E-state index < -0.39 is 11.9 Å². The van der Waals surface area contributed by atoms with E-state index in [0.717, 1.165) is 15.6 Å². The Morgan fingerprint density at radius 1 is 1.05 bits per heavy atom. The molecule has 37 heavy (non-hydrogen) atoms. The van der Waals surface area contributed by atoms with Crippen molar-refractivity contribution in [3.05, 3.63) is 109 Å². The zero-order chi connectivity index (χ0) is 26.3. The molecular weight excluding hydrogens is 558 g/mol. The first-order chi connectivity index (χ1) is 17.8. The van der Waals surface area contributed by atoms with E-state index in [-0.39, 0.29) is 12.4 Å². The predicted octanol–water partition coefficient (Wildman–Crippen LogP) is 6.43. The van der Waals surface area contributed by atoms with Crippen molar-refractivity contribution in [1.29, 1.82) is 0 Å². The summed E-state index contributed by atoms with van der Waals surface area (Å²) in [4.78, 5) is 26.6. The van der Waals surface area contributed by atoms with Crippen LogP contribution in [0.15, 0.2) is 82.0 Å². The Labute approximate surface area is 228 Å². The maximum Gasteiger partial charge on any atom is 0.336 e. The van der Waals surface area contributed by atoms with Gasteiger partial charge in [0.05, 0.1) is 30.5 Å². The summed E-state index contributed by atoms with van der Waals surface area (Å²) in [5, 5.41) is 3.58. The molecule has 0 bridgehead atoms. The fourth-order valence-corrected chi connectivity index (χ4v) is 5.36. The number of dihydropyridines is 1. The molecule has 1 aliphatic carbocycles. The number of hydrogen-bond acceptors (Lipinski definition) is 6. The van der Waals surface area contributed by atoms with E-state index in [4.69, 9.17) is 25.8 Å². The number of Topliss-reactive ketones (excluding diaryl/α,β-unsaturated/α-hetero) is 1. The summed E-state index contributed by atoms with van der Waals surface area (Å²) in [5.41, 5.74) is 5.04. The SMILES string of the molecule is COC(=O)C1=C(C)NC2=C(C(=O)c3ccccc32)[C@H]1c1cc(Cl)c(OCc2ccc(Br)cc2)c(OC)c1. The Morgan fingerprint density at radius 2 is 1.76 bits per heavy atom. The second kappa shape index (κ2) is 10.1. The predicted molar refractivity (Wildman–Crippen MR) is 145 cm³/mol. The molecule has 0 saturated carbocycles. The van der Waals surface area contributed by atoms with Crippen LogP contribution in [-0.2, 0) is 16.1 Å². The normalized spacial score (nSPS) is 16.2. The number of benzene rings is 3. The van der Waals surface area contributed by atoms with Crippen molar-refractivity contribution in [3.8, 4) is 11.5 Å². The van der Waals surface area contributed by atoms with Gasteiger partial charge in [-0.1, -0.05) is 63.9 Å². The highest BCUT2D eigenvalue weighted by Crippen LogP contribution is 2.49. The van der Waals surface area contributed by atoms with Crippen molar-refractivity contribution in [2.75, 3.05) is 14.2 Å². The van der Waals surface area contributed by atoms with Crippen LogP contribution in [0.1, 0.15) is 39.9 Å². The van der Waals surface area contributed by atoms with Gasteiger partial charge in [-0.05, 0) is 42.3 Å². The fourth-order valence-electron chi connectivity index (χ4n) is 4.83. The number of nitrogens with one attached hydrogen (secondary N) is 1. The first kappa shape index (κ1) is 25.1. The van der Waals surface area contributed by atoms with Gasteiger partial charge in [0, 0.05) is 32.8 Å². The Balaban J connectivity index is 1.60. The number of ether oxygens (including phenoxy) is 3. The van der Waals surface area contributed by atoms with Gasteiger partial charge in [-0.2, -0.15) is 0 Å². The van der Waals surface area contributed by atoms with Gasteiger partial charge in [-0.3, -0.25) is 4.79 Å². The molecule has 0 radical (unpaired) electrons. The summed E-state index contributed by atoms with van der Waals surface area (Å²) < 4.78 is 17.8. The van der Waals surface area contributed by atoms with Crippen LogP contribution >= 0.6 is 27.5 Å². The number of ketones is 1. The molecule has 0 unspecified atom stereocenters. The summed E-state index contributed by atoms with van der Waals surface area (Å²) in [7, 11) is 2.84.